The molecular formula is C13H13N7O. The van der Waals surface area contributed by atoms with Gasteiger partial charge in [-0.25, -0.2) is 9.97 Å². The van der Waals surface area contributed by atoms with Crippen molar-refractivity contribution in [1.82, 2.24) is 19.7 Å². The number of carbonyl (C=O) groups is 1. The van der Waals surface area contributed by atoms with Gasteiger partial charge in [0.25, 0.3) is 0 Å². The average Bonchev–Trinajstić information content (AvgIpc) is 2.93. The van der Waals surface area contributed by atoms with E-state index in [0.29, 0.717) is 18.9 Å². The normalized spacial score (nSPS) is 15.1. The lowest BCUT2D eigenvalue weighted by atomic mass is 10.2. The van der Waals surface area contributed by atoms with Crippen molar-refractivity contribution >= 4 is 17.4 Å². The second-order valence-electron chi connectivity index (χ2n) is 4.68. The summed E-state index contributed by atoms with van der Waals surface area (Å²) in [5.41, 5.74) is 1.02. The Morgan fingerprint density at radius 3 is 2.76 bits per heavy atom. The summed E-state index contributed by atoms with van der Waals surface area (Å²) in [7, 11) is 1.81. The van der Waals surface area contributed by atoms with Gasteiger partial charge < -0.3 is 9.80 Å². The zero-order valence-electron chi connectivity index (χ0n) is 11.5. The predicted octanol–water partition coefficient (Wildman–Crippen LogP) is -0.0650. The fraction of sp³-hybridized carbons (Fsp3) is 0.308. The third-order valence-corrected chi connectivity index (χ3v) is 3.31. The number of rotatable bonds is 2. The summed E-state index contributed by atoms with van der Waals surface area (Å²) in [6.07, 6.45) is 6.46. The number of piperazine rings is 1. The number of carbonyl (C=O) groups excluding carboxylic acids is 1. The molecule has 0 aromatic carbocycles. The van der Waals surface area contributed by atoms with Crippen LogP contribution in [0.25, 0.3) is 0 Å². The fourth-order valence-corrected chi connectivity index (χ4v) is 2.32. The Bertz CT molecular complexity index is 717. The molecule has 3 rings (SSSR count). The molecule has 1 aliphatic heterocycles. The molecule has 1 amide bonds. The standard InChI is InChI=1S/C13H13N7O/c1-18-8-10(7-17-18)20-5-4-19(9-12(20)21)13-11(6-14)15-2-3-16-13/h2-3,7-8H,4-5,9H2,1H3. The van der Waals surface area contributed by atoms with Gasteiger partial charge in [-0.05, 0) is 0 Å². The molecule has 0 spiro atoms. The van der Waals surface area contributed by atoms with E-state index >= 15 is 0 Å². The van der Waals surface area contributed by atoms with Gasteiger partial charge in [-0.2, -0.15) is 10.4 Å². The highest BCUT2D eigenvalue weighted by Crippen LogP contribution is 2.20. The van der Waals surface area contributed by atoms with E-state index in [4.69, 9.17) is 5.26 Å². The largest absolute Gasteiger partial charge is 0.343 e. The third kappa shape index (κ3) is 2.41. The van der Waals surface area contributed by atoms with Gasteiger partial charge in [-0.1, -0.05) is 0 Å². The number of amides is 1. The average molecular weight is 283 g/mol. The van der Waals surface area contributed by atoms with E-state index in [1.165, 1.54) is 12.4 Å². The smallest absolute Gasteiger partial charge is 0.246 e. The monoisotopic (exact) mass is 283 g/mol. The molecule has 2 aromatic rings. The van der Waals surface area contributed by atoms with Crippen LogP contribution in [-0.4, -0.2) is 45.3 Å². The van der Waals surface area contributed by atoms with Crippen molar-refractivity contribution in [2.75, 3.05) is 29.4 Å². The van der Waals surface area contributed by atoms with Crippen LogP contribution in [0.2, 0.25) is 0 Å². The van der Waals surface area contributed by atoms with Crippen molar-refractivity contribution in [3.63, 3.8) is 0 Å². The minimum atomic E-state index is -0.0520. The molecule has 3 heterocycles. The summed E-state index contributed by atoms with van der Waals surface area (Å²) in [5.74, 6) is 0.406. The maximum Gasteiger partial charge on any atom is 0.246 e. The summed E-state index contributed by atoms with van der Waals surface area (Å²) in [4.78, 5) is 23.9. The van der Waals surface area contributed by atoms with Gasteiger partial charge >= 0.3 is 0 Å². The van der Waals surface area contributed by atoms with Crippen LogP contribution in [0.5, 0.6) is 0 Å². The summed E-state index contributed by atoms with van der Waals surface area (Å²) >= 11 is 0. The predicted molar refractivity (Wildman–Crippen MR) is 74.5 cm³/mol. The highest BCUT2D eigenvalue weighted by molar-refractivity contribution is 5.97. The van der Waals surface area contributed by atoms with E-state index in [2.05, 4.69) is 15.1 Å². The Labute approximate surface area is 121 Å². The number of aromatic nitrogens is 4. The fourth-order valence-electron chi connectivity index (χ4n) is 2.32. The first-order chi connectivity index (χ1) is 10.2. The van der Waals surface area contributed by atoms with Crippen LogP contribution >= 0.6 is 0 Å². The van der Waals surface area contributed by atoms with Gasteiger partial charge in [0.1, 0.15) is 6.07 Å². The van der Waals surface area contributed by atoms with Gasteiger partial charge in [-0.15, -0.1) is 0 Å². The molecule has 21 heavy (non-hydrogen) atoms. The maximum atomic E-state index is 12.3. The van der Waals surface area contributed by atoms with E-state index < -0.39 is 0 Å². The Morgan fingerprint density at radius 2 is 2.10 bits per heavy atom. The topological polar surface area (TPSA) is 90.9 Å². The van der Waals surface area contributed by atoms with Gasteiger partial charge in [0.05, 0.1) is 18.4 Å². The number of anilines is 2. The summed E-state index contributed by atoms with van der Waals surface area (Å²) in [6, 6.07) is 2.00. The molecule has 1 saturated heterocycles. The number of hydrogen-bond donors (Lipinski definition) is 0. The van der Waals surface area contributed by atoms with E-state index in [0.717, 1.165) is 5.69 Å². The molecular weight excluding hydrogens is 270 g/mol. The second-order valence-corrected chi connectivity index (χ2v) is 4.68. The molecule has 0 N–H and O–H groups in total. The van der Waals surface area contributed by atoms with Gasteiger partial charge in [-0.3, -0.25) is 9.48 Å². The van der Waals surface area contributed by atoms with E-state index in [9.17, 15) is 4.79 Å². The van der Waals surface area contributed by atoms with Gasteiger partial charge in [0.15, 0.2) is 11.5 Å². The van der Waals surface area contributed by atoms with Gasteiger partial charge in [0, 0.05) is 38.7 Å². The first kappa shape index (κ1) is 13.1. The molecule has 8 heteroatoms. The molecule has 0 aliphatic carbocycles. The lowest BCUT2D eigenvalue weighted by Gasteiger charge is -2.34. The summed E-state index contributed by atoms with van der Waals surface area (Å²) in [5, 5.41) is 13.1. The van der Waals surface area contributed by atoms with Crippen molar-refractivity contribution in [2.24, 2.45) is 7.05 Å². The molecule has 106 valence electrons. The van der Waals surface area contributed by atoms with Crippen LogP contribution in [0.4, 0.5) is 11.5 Å². The van der Waals surface area contributed by atoms with Crippen LogP contribution in [0.3, 0.4) is 0 Å². The molecule has 0 atom stereocenters. The minimum absolute atomic E-state index is 0.0520. The number of nitriles is 1. The lowest BCUT2D eigenvalue weighted by molar-refractivity contribution is -0.117. The number of hydrogen-bond acceptors (Lipinski definition) is 6. The molecule has 2 aromatic heterocycles. The molecule has 1 fully saturated rings. The maximum absolute atomic E-state index is 12.3. The van der Waals surface area contributed by atoms with E-state index in [1.807, 2.05) is 13.1 Å². The summed E-state index contributed by atoms with van der Waals surface area (Å²) in [6.45, 7) is 1.28. The highest BCUT2D eigenvalue weighted by Gasteiger charge is 2.28. The van der Waals surface area contributed by atoms with Crippen molar-refractivity contribution in [3.05, 3.63) is 30.5 Å². The molecule has 0 saturated carbocycles. The quantitative estimate of drug-likeness (QED) is 0.766. The van der Waals surface area contributed by atoms with Crippen molar-refractivity contribution in [2.45, 2.75) is 0 Å². The molecule has 8 nitrogen and oxygen atoms in total. The number of aryl methyl sites for hydroxylation is 1. The SMILES string of the molecule is Cn1cc(N2CCN(c3nccnc3C#N)CC2=O)cn1. The van der Waals surface area contributed by atoms with E-state index in [1.54, 1.807) is 26.9 Å². The molecule has 0 unspecified atom stereocenters. The van der Waals surface area contributed by atoms with Crippen molar-refractivity contribution < 1.29 is 4.79 Å². The lowest BCUT2D eigenvalue weighted by Crippen LogP contribution is -2.51. The molecule has 0 bridgehead atoms. The Balaban J connectivity index is 1.80. The highest BCUT2D eigenvalue weighted by atomic mass is 16.2. The minimum Gasteiger partial charge on any atom is -0.343 e. The number of nitrogens with zero attached hydrogens (tertiary/aromatic N) is 7. The van der Waals surface area contributed by atoms with Crippen molar-refractivity contribution in [3.8, 4) is 6.07 Å². The van der Waals surface area contributed by atoms with Crippen LogP contribution in [0.15, 0.2) is 24.8 Å². The summed E-state index contributed by atoms with van der Waals surface area (Å²) < 4.78 is 1.66. The molecule has 0 radical (unpaired) electrons. The van der Waals surface area contributed by atoms with Crippen molar-refractivity contribution in [1.29, 1.82) is 5.26 Å². The van der Waals surface area contributed by atoms with E-state index in [-0.39, 0.29) is 18.1 Å². The zero-order chi connectivity index (χ0) is 14.8. The Hall–Kier alpha value is -2.95. The van der Waals surface area contributed by atoms with Crippen LogP contribution in [0, 0.1) is 11.3 Å². The van der Waals surface area contributed by atoms with Crippen LogP contribution in [-0.2, 0) is 11.8 Å². The Morgan fingerprint density at radius 1 is 1.29 bits per heavy atom. The van der Waals surface area contributed by atoms with Gasteiger partial charge in [0.2, 0.25) is 5.91 Å². The zero-order valence-corrected chi connectivity index (χ0v) is 11.5. The Kier molecular flexibility index (Phi) is 3.23. The first-order valence-corrected chi connectivity index (χ1v) is 6.44. The second kappa shape index (κ2) is 5.20. The first-order valence-electron chi connectivity index (χ1n) is 6.44. The van der Waals surface area contributed by atoms with Crippen LogP contribution < -0.4 is 9.80 Å². The third-order valence-electron chi connectivity index (χ3n) is 3.31. The van der Waals surface area contributed by atoms with Crippen LogP contribution in [0.1, 0.15) is 5.69 Å². The molecule has 1 aliphatic rings.